The van der Waals surface area contributed by atoms with E-state index in [0.717, 1.165) is 25.0 Å². The van der Waals surface area contributed by atoms with Crippen molar-refractivity contribution < 1.29 is 22.8 Å². The van der Waals surface area contributed by atoms with Gasteiger partial charge in [-0.05, 0) is 43.2 Å². The zero-order chi connectivity index (χ0) is 22.5. The molecule has 0 atom stereocenters. The number of anilines is 1. The van der Waals surface area contributed by atoms with Crippen LogP contribution in [0, 0.1) is 5.41 Å². The molecule has 3 heterocycles. The Kier molecular flexibility index (Phi) is 4.61. The highest BCUT2D eigenvalue weighted by atomic mass is 19.4. The fraction of sp³-hybridized carbons (Fsp3) is 0.318. The number of urea groups is 1. The number of amides is 3. The Bertz CT molecular complexity index is 1190. The van der Waals surface area contributed by atoms with Crippen molar-refractivity contribution in [3.8, 4) is 0 Å². The van der Waals surface area contributed by atoms with Gasteiger partial charge in [0.2, 0.25) is 0 Å². The number of imidazole rings is 1. The molecule has 5 rings (SSSR count). The molecule has 2 fully saturated rings. The molecule has 1 aliphatic heterocycles. The van der Waals surface area contributed by atoms with Crippen LogP contribution in [0.25, 0.3) is 5.65 Å². The van der Waals surface area contributed by atoms with Crippen LogP contribution >= 0.6 is 0 Å². The Balaban J connectivity index is 1.12. The van der Waals surface area contributed by atoms with Crippen molar-refractivity contribution in [1.29, 1.82) is 0 Å². The predicted molar refractivity (Wildman–Crippen MR) is 110 cm³/mol. The number of alkyl halides is 3. The minimum Gasteiger partial charge on any atom is -0.336 e. The van der Waals surface area contributed by atoms with Crippen molar-refractivity contribution in [3.63, 3.8) is 0 Å². The number of benzene rings is 1. The van der Waals surface area contributed by atoms with E-state index in [1.54, 1.807) is 21.7 Å². The van der Waals surface area contributed by atoms with Gasteiger partial charge in [0.1, 0.15) is 11.3 Å². The van der Waals surface area contributed by atoms with Crippen molar-refractivity contribution in [2.24, 2.45) is 5.41 Å². The maximum atomic E-state index is 12.8. The molecule has 2 aromatic heterocycles. The Labute approximate surface area is 181 Å². The average molecular weight is 443 g/mol. The molecule has 1 aliphatic carbocycles. The molecule has 1 saturated carbocycles. The Morgan fingerprint density at radius 3 is 2.62 bits per heavy atom. The van der Waals surface area contributed by atoms with E-state index in [4.69, 9.17) is 0 Å². The first kappa shape index (κ1) is 20.3. The SMILES string of the molecule is O=C(Nc1cccc(C(F)(F)F)c1)NC1CC2(C1)CN(C(=O)c1cnc3ccccn13)C2. The summed E-state index contributed by atoms with van der Waals surface area (Å²) in [5, 5.41) is 5.25. The third-order valence-electron chi connectivity index (χ3n) is 6.12. The fourth-order valence-electron chi connectivity index (χ4n) is 4.63. The summed E-state index contributed by atoms with van der Waals surface area (Å²) < 4.78 is 40.2. The first-order valence-corrected chi connectivity index (χ1v) is 10.2. The Morgan fingerprint density at radius 2 is 1.88 bits per heavy atom. The highest BCUT2D eigenvalue weighted by molar-refractivity contribution is 5.94. The van der Waals surface area contributed by atoms with Crippen LogP contribution in [-0.2, 0) is 6.18 Å². The van der Waals surface area contributed by atoms with Crippen LogP contribution < -0.4 is 10.6 Å². The van der Waals surface area contributed by atoms with Crippen LogP contribution in [0.2, 0.25) is 0 Å². The van der Waals surface area contributed by atoms with Gasteiger partial charge in [-0.2, -0.15) is 13.2 Å². The second-order valence-corrected chi connectivity index (χ2v) is 8.52. The van der Waals surface area contributed by atoms with Crippen molar-refractivity contribution in [3.05, 3.63) is 66.1 Å². The Morgan fingerprint density at radius 1 is 1.09 bits per heavy atom. The fourth-order valence-corrected chi connectivity index (χ4v) is 4.63. The van der Waals surface area contributed by atoms with Gasteiger partial charge in [-0.1, -0.05) is 12.1 Å². The lowest BCUT2D eigenvalue weighted by Gasteiger charge is -2.58. The molecule has 32 heavy (non-hydrogen) atoms. The summed E-state index contributed by atoms with van der Waals surface area (Å²) in [7, 11) is 0. The minimum absolute atomic E-state index is 0.00962. The Hall–Kier alpha value is -3.56. The second kappa shape index (κ2) is 7.25. The van der Waals surface area contributed by atoms with Crippen LogP contribution in [-0.4, -0.2) is 45.4 Å². The summed E-state index contributed by atoms with van der Waals surface area (Å²) in [5.41, 5.74) is 0.489. The van der Waals surface area contributed by atoms with Crippen LogP contribution in [0.5, 0.6) is 0 Å². The van der Waals surface area contributed by atoms with Crippen molar-refractivity contribution in [2.45, 2.75) is 25.1 Å². The molecule has 1 saturated heterocycles. The molecule has 3 aromatic rings. The molecule has 3 amide bonds. The van der Waals surface area contributed by atoms with E-state index < -0.39 is 17.8 Å². The van der Waals surface area contributed by atoms with E-state index in [2.05, 4.69) is 15.6 Å². The number of likely N-dealkylation sites (tertiary alicyclic amines) is 1. The molecule has 2 aliphatic rings. The maximum absolute atomic E-state index is 12.8. The third-order valence-corrected chi connectivity index (χ3v) is 6.12. The molecular formula is C22H20F3N5O2. The lowest BCUT2D eigenvalue weighted by atomic mass is 9.60. The summed E-state index contributed by atoms with van der Waals surface area (Å²) in [4.78, 5) is 31.0. The van der Waals surface area contributed by atoms with Crippen LogP contribution in [0.1, 0.15) is 28.9 Å². The van der Waals surface area contributed by atoms with Crippen LogP contribution in [0.15, 0.2) is 54.9 Å². The maximum Gasteiger partial charge on any atom is 0.416 e. The zero-order valence-electron chi connectivity index (χ0n) is 16.9. The number of hydrogen-bond donors (Lipinski definition) is 2. The first-order valence-electron chi connectivity index (χ1n) is 10.2. The molecular weight excluding hydrogens is 423 g/mol. The van der Waals surface area contributed by atoms with Gasteiger partial charge in [0.15, 0.2) is 0 Å². The van der Waals surface area contributed by atoms with Gasteiger partial charge in [-0.25, -0.2) is 9.78 Å². The molecule has 1 aromatic carbocycles. The second-order valence-electron chi connectivity index (χ2n) is 8.52. The summed E-state index contributed by atoms with van der Waals surface area (Å²) in [6.45, 7) is 1.22. The molecule has 0 bridgehead atoms. The van der Waals surface area contributed by atoms with E-state index in [1.165, 1.54) is 12.1 Å². The smallest absolute Gasteiger partial charge is 0.336 e. The van der Waals surface area contributed by atoms with Crippen LogP contribution in [0.4, 0.5) is 23.7 Å². The van der Waals surface area contributed by atoms with Gasteiger partial charge in [-0.15, -0.1) is 0 Å². The molecule has 7 nitrogen and oxygen atoms in total. The molecule has 166 valence electrons. The zero-order valence-corrected chi connectivity index (χ0v) is 16.9. The van der Waals surface area contributed by atoms with Crippen molar-refractivity contribution in [2.75, 3.05) is 18.4 Å². The number of fused-ring (bicyclic) bond motifs is 1. The highest BCUT2D eigenvalue weighted by Gasteiger charge is 2.54. The summed E-state index contributed by atoms with van der Waals surface area (Å²) in [6, 6.07) is 9.44. The molecule has 2 N–H and O–H groups in total. The minimum atomic E-state index is -4.47. The van der Waals surface area contributed by atoms with Gasteiger partial charge in [0, 0.05) is 36.4 Å². The molecule has 1 spiro atoms. The standard InChI is InChI=1S/C22H20F3N5O2/c23-22(24,25)14-4-3-5-15(8-14)27-20(32)28-16-9-21(10-16)12-29(13-21)19(31)17-11-26-18-6-1-2-7-30(17)18/h1-8,11,16H,9-10,12-13H2,(H2,27,28,32). The van der Waals surface area contributed by atoms with E-state index in [1.807, 2.05) is 18.2 Å². The number of carbonyl (C=O) groups is 2. The average Bonchev–Trinajstić information content (AvgIpc) is 3.12. The molecule has 10 heteroatoms. The first-order chi connectivity index (χ1) is 15.2. The third kappa shape index (κ3) is 3.65. The van der Waals surface area contributed by atoms with Gasteiger partial charge in [0.05, 0.1) is 11.8 Å². The topological polar surface area (TPSA) is 78.7 Å². The number of nitrogens with zero attached hydrogens (tertiary/aromatic N) is 3. The van der Waals surface area contributed by atoms with Gasteiger partial charge in [-0.3, -0.25) is 9.20 Å². The summed E-state index contributed by atoms with van der Waals surface area (Å²) in [6.07, 6.45) is 0.356. The van der Waals surface area contributed by atoms with E-state index >= 15 is 0 Å². The largest absolute Gasteiger partial charge is 0.416 e. The number of rotatable bonds is 3. The number of hydrogen-bond acceptors (Lipinski definition) is 3. The van der Waals surface area contributed by atoms with E-state index in [0.29, 0.717) is 24.4 Å². The lowest BCUT2D eigenvalue weighted by Crippen LogP contribution is -2.67. The van der Waals surface area contributed by atoms with E-state index in [-0.39, 0.29) is 23.1 Å². The summed E-state index contributed by atoms with van der Waals surface area (Å²) >= 11 is 0. The van der Waals surface area contributed by atoms with Gasteiger partial charge < -0.3 is 15.5 Å². The van der Waals surface area contributed by atoms with Crippen molar-refractivity contribution in [1.82, 2.24) is 19.6 Å². The quantitative estimate of drug-likeness (QED) is 0.647. The lowest BCUT2D eigenvalue weighted by molar-refractivity contribution is -0.137. The number of pyridine rings is 1. The monoisotopic (exact) mass is 443 g/mol. The van der Waals surface area contributed by atoms with E-state index in [9.17, 15) is 22.8 Å². The van der Waals surface area contributed by atoms with Crippen molar-refractivity contribution >= 4 is 23.3 Å². The predicted octanol–water partition coefficient (Wildman–Crippen LogP) is 3.78. The number of aromatic nitrogens is 2. The summed E-state index contributed by atoms with van der Waals surface area (Å²) in [5.74, 6) is -0.0759. The number of nitrogens with one attached hydrogen (secondary N) is 2. The molecule has 0 unspecified atom stereocenters. The highest BCUT2D eigenvalue weighted by Crippen LogP contribution is 2.48. The van der Waals surface area contributed by atoms with Gasteiger partial charge >= 0.3 is 12.2 Å². The van der Waals surface area contributed by atoms with Gasteiger partial charge in [0.25, 0.3) is 5.91 Å². The normalized spacial score (nSPS) is 17.7. The molecule has 0 radical (unpaired) electrons. The number of halogens is 3. The van der Waals surface area contributed by atoms with Crippen LogP contribution in [0.3, 0.4) is 0 Å². The number of carbonyl (C=O) groups excluding carboxylic acids is 2.